The van der Waals surface area contributed by atoms with Gasteiger partial charge in [0.15, 0.2) is 0 Å². The van der Waals surface area contributed by atoms with Crippen molar-refractivity contribution >= 4 is 55.7 Å². The van der Waals surface area contributed by atoms with Crippen LogP contribution in [0.4, 0.5) is 34.1 Å². The second kappa shape index (κ2) is 15.5. The number of benzene rings is 10. The van der Waals surface area contributed by atoms with Crippen LogP contribution in [0.1, 0.15) is 0 Å². The van der Waals surface area contributed by atoms with Gasteiger partial charge >= 0.3 is 0 Å². The highest BCUT2D eigenvalue weighted by Gasteiger charge is 2.23. The van der Waals surface area contributed by atoms with Gasteiger partial charge in [0.25, 0.3) is 0 Å². The number of hydrogen-bond donors (Lipinski definition) is 0. The van der Waals surface area contributed by atoms with Crippen LogP contribution in [0.15, 0.2) is 243 Å². The highest BCUT2D eigenvalue weighted by Crippen LogP contribution is 2.47. The van der Waals surface area contributed by atoms with Gasteiger partial charge in [-0.15, -0.1) is 0 Å². The van der Waals surface area contributed by atoms with Gasteiger partial charge < -0.3 is 9.80 Å². The fraction of sp³-hybridized carbons (Fsp3) is 0. The van der Waals surface area contributed by atoms with E-state index in [1.807, 2.05) is 0 Å². The van der Waals surface area contributed by atoms with E-state index in [0.29, 0.717) is 0 Å². The molecule has 58 heavy (non-hydrogen) atoms. The Kier molecular flexibility index (Phi) is 9.27. The predicted molar refractivity (Wildman–Crippen MR) is 247 cm³/mol. The molecule has 2 heteroatoms. The van der Waals surface area contributed by atoms with Gasteiger partial charge in [-0.2, -0.15) is 0 Å². The Morgan fingerprint density at radius 1 is 0.224 bits per heavy atom. The average molecular weight is 741 g/mol. The van der Waals surface area contributed by atoms with E-state index in [1.165, 1.54) is 54.9 Å². The largest absolute Gasteiger partial charge is 0.310 e. The summed E-state index contributed by atoms with van der Waals surface area (Å²) in [6, 6.07) is 87.3. The maximum Gasteiger partial charge on any atom is 0.0618 e. The molecule has 0 heterocycles. The van der Waals surface area contributed by atoms with Crippen LogP contribution in [0.5, 0.6) is 0 Å². The molecule has 0 N–H and O–H groups in total. The molecule has 0 spiro atoms. The molecule has 0 aliphatic heterocycles. The molecule has 0 aliphatic rings. The lowest BCUT2D eigenvalue weighted by Crippen LogP contribution is -2.14. The summed E-state index contributed by atoms with van der Waals surface area (Å²) >= 11 is 0. The average Bonchev–Trinajstić information content (AvgIpc) is 3.30. The molecule has 0 atom stereocenters. The first-order valence-electron chi connectivity index (χ1n) is 19.9. The third-order valence-electron chi connectivity index (χ3n) is 11.0. The van der Waals surface area contributed by atoms with Gasteiger partial charge in [-0.05, 0) is 104 Å². The topological polar surface area (TPSA) is 6.48 Å². The lowest BCUT2D eigenvalue weighted by molar-refractivity contribution is 1.26. The zero-order chi connectivity index (χ0) is 38.7. The van der Waals surface area contributed by atoms with Crippen LogP contribution in [0.25, 0.3) is 54.9 Å². The van der Waals surface area contributed by atoms with E-state index < -0.39 is 0 Å². The smallest absolute Gasteiger partial charge is 0.0618 e. The maximum absolute atomic E-state index is 2.41. The van der Waals surface area contributed by atoms with Gasteiger partial charge in [0, 0.05) is 39.6 Å². The van der Waals surface area contributed by atoms with Gasteiger partial charge in [-0.1, -0.05) is 182 Å². The van der Waals surface area contributed by atoms with Crippen molar-refractivity contribution in [3.05, 3.63) is 243 Å². The zero-order valence-electron chi connectivity index (χ0n) is 32.0. The Morgan fingerprint density at radius 3 is 1.19 bits per heavy atom. The van der Waals surface area contributed by atoms with Gasteiger partial charge in [-0.3, -0.25) is 0 Å². The van der Waals surface area contributed by atoms with Crippen molar-refractivity contribution in [1.29, 1.82) is 0 Å². The van der Waals surface area contributed by atoms with E-state index in [-0.39, 0.29) is 0 Å². The summed E-state index contributed by atoms with van der Waals surface area (Å²) in [7, 11) is 0. The second-order valence-corrected chi connectivity index (χ2v) is 14.5. The molecule has 0 unspecified atom stereocenters. The molecule has 10 aromatic carbocycles. The van der Waals surface area contributed by atoms with Crippen LogP contribution in [-0.4, -0.2) is 0 Å². The minimum atomic E-state index is 1.07. The van der Waals surface area contributed by atoms with Crippen LogP contribution in [0, 0.1) is 0 Å². The summed E-state index contributed by atoms with van der Waals surface area (Å²) in [5.74, 6) is 0. The molecule has 2 nitrogen and oxygen atoms in total. The van der Waals surface area contributed by atoms with Gasteiger partial charge in [0.1, 0.15) is 0 Å². The molecule has 10 rings (SSSR count). The molecule has 0 radical (unpaired) electrons. The van der Waals surface area contributed by atoms with Crippen molar-refractivity contribution in [2.45, 2.75) is 0 Å². The van der Waals surface area contributed by atoms with E-state index in [0.717, 1.165) is 34.1 Å². The first kappa shape index (κ1) is 34.8. The number of fused-ring (bicyclic) bond motifs is 2. The fourth-order valence-electron chi connectivity index (χ4n) is 8.34. The third kappa shape index (κ3) is 6.57. The third-order valence-corrected chi connectivity index (χ3v) is 11.0. The van der Waals surface area contributed by atoms with Crippen molar-refractivity contribution in [3.8, 4) is 33.4 Å². The molecule has 0 amide bonds. The molecular formula is C56H40N2. The van der Waals surface area contributed by atoms with Gasteiger partial charge in [0.2, 0.25) is 0 Å². The normalized spacial score (nSPS) is 11.1. The first-order chi connectivity index (χ1) is 28.8. The van der Waals surface area contributed by atoms with Crippen molar-refractivity contribution in [1.82, 2.24) is 0 Å². The summed E-state index contributed by atoms with van der Waals surface area (Å²) in [5.41, 5.74) is 13.7. The molecule has 0 saturated heterocycles. The molecule has 10 aromatic rings. The lowest BCUT2D eigenvalue weighted by Gasteiger charge is -2.31. The molecule has 0 fully saturated rings. The van der Waals surface area contributed by atoms with Crippen molar-refractivity contribution in [3.63, 3.8) is 0 Å². The van der Waals surface area contributed by atoms with Crippen molar-refractivity contribution in [2.24, 2.45) is 0 Å². The Labute approximate surface area is 340 Å². The minimum absolute atomic E-state index is 1.07. The van der Waals surface area contributed by atoms with Crippen LogP contribution in [0.2, 0.25) is 0 Å². The monoisotopic (exact) mass is 740 g/mol. The standard InChI is InChI=1S/C56H40N2/c1-5-18-42(19-6-1)51-30-17-31-52(43-20-7-2-8-21-43)56(51)58(46-27-11-4-12-28-46)48-38-36-47(37-39-48)57(45-25-9-3-10-26-45)49-35-34-44-24-16-33-54(55(44)40-49)53-32-15-23-41-22-13-14-29-50(41)53/h1-40H. The quantitative estimate of drug-likeness (QED) is 0.145. The van der Waals surface area contributed by atoms with Crippen molar-refractivity contribution < 1.29 is 0 Å². The number of nitrogens with zero attached hydrogens (tertiary/aromatic N) is 2. The van der Waals surface area contributed by atoms with Gasteiger partial charge in [-0.25, -0.2) is 0 Å². The lowest BCUT2D eigenvalue weighted by atomic mass is 9.93. The van der Waals surface area contributed by atoms with Crippen LogP contribution in [0.3, 0.4) is 0 Å². The summed E-state index contributed by atoms with van der Waals surface area (Å²) in [6.45, 7) is 0. The van der Waals surface area contributed by atoms with Crippen LogP contribution in [-0.2, 0) is 0 Å². The van der Waals surface area contributed by atoms with Crippen LogP contribution < -0.4 is 9.80 Å². The summed E-state index contributed by atoms with van der Waals surface area (Å²) in [5, 5.41) is 4.93. The minimum Gasteiger partial charge on any atom is -0.310 e. The summed E-state index contributed by atoms with van der Waals surface area (Å²) in [4.78, 5) is 4.77. The van der Waals surface area contributed by atoms with E-state index in [9.17, 15) is 0 Å². The van der Waals surface area contributed by atoms with E-state index in [2.05, 4.69) is 252 Å². The Balaban J connectivity index is 1.14. The molecule has 0 aromatic heterocycles. The predicted octanol–water partition coefficient (Wildman–Crippen LogP) is 15.9. The maximum atomic E-state index is 2.41. The number of rotatable bonds is 9. The SMILES string of the molecule is c1ccc(-c2cccc(-c3ccccc3)c2N(c2ccccc2)c2ccc(N(c3ccccc3)c3ccc4cccc(-c5cccc6ccccc56)c4c3)cc2)cc1. The second-order valence-electron chi connectivity index (χ2n) is 14.5. The highest BCUT2D eigenvalue weighted by atomic mass is 15.2. The number of para-hydroxylation sites is 3. The van der Waals surface area contributed by atoms with E-state index in [1.54, 1.807) is 0 Å². The Hall–Kier alpha value is -7.68. The van der Waals surface area contributed by atoms with Gasteiger partial charge in [0.05, 0.1) is 5.69 Å². The number of hydrogen-bond acceptors (Lipinski definition) is 2. The Bertz CT molecular complexity index is 2920. The first-order valence-corrected chi connectivity index (χ1v) is 19.9. The molecule has 0 aliphatic carbocycles. The Morgan fingerprint density at radius 2 is 0.603 bits per heavy atom. The molecule has 0 bridgehead atoms. The van der Waals surface area contributed by atoms with Crippen molar-refractivity contribution in [2.75, 3.05) is 9.80 Å². The molecule has 274 valence electrons. The molecule has 0 saturated carbocycles. The molecular weight excluding hydrogens is 701 g/mol. The van der Waals surface area contributed by atoms with E-state index in [4.69, 9.17) is 0 Å². The van der Waals surface area contributed by atoms with Crippen LogP contribution >= 0.6 is 0 Å². The number of anilines is 6. The van der Waals surface area contributed by atoms with E-state index >= 15 is 0 Å². The fourth-order valence-corrected chi connectivity index (χ4v) is 8.34. The zero-order valence-corrected chi connectivity index (χ0v) is 32.0. The summed E-state index contributed by atoms with van der Waals surface area (Å²) in [6.07, 6.45) is 0. The summed E-state index contributed by atoms with van der Waals surface area (Å²) < 4.78 is 0. The highest BCUT2D eigenvalue weighted by molar-refractivity contribution is 6.07.